The van der Waals surface area contributed by atoms with E-state index in [4.69, 9.17) is 28.2 Å². The molecule has 0 saturated heterocycles. The summed E-state index contributed by atoms with van der Waals surface area (Å²) in [4.78, 5) is 17.0. The molecule has 0 aliphatic carbocycles. The van der Waals surface area contributed by atoms with E-state index in [9.17, 15) is 4.79 Å². The number of amides is 1. The molecule has 1 amide bonds. The van der Waals surface area contributed by atoms with Gasteiger partial charge in [0, 0.05) is 5.56 Å². The van der Waals surface area contributed by atoms with Gasteiger partial charge in [0.2, 0.25) is 0 Å². The third kappa shape index (κ3) is 5.28. The van der Waals surface area contributed by atoms with Crippen LogP contribution < -0.4 is 5.43 Å². The third-order valence-corrected chi connectivity index (χ3v) is 6.32. The lowest BCUT2D eigenvalue weighted by atomic mass is 10.2. The van der Waals surface area contributed by atoms with Gasteiger partial charge in [-0.2, -0.15) is 5.10 Å². The van der Waals surface area contributed by atoms with E-state index >= 15 is 0 Å². The van der Waals surface area contributed by atoms with E-state index in [1.54, 1.807) is 18.2 Å². The molecule has 1 aromatic heterocycles. The van der Waals surface area contributed by atoms with Crippen molar-refractivity contribution in [2.24, 2.45) is 5.10 Å². The Balaban J connectivity index is 1.45. The van der Waals surface area contributed by atoms with Crippen molar-refractivity contribution in [3.05, 3.63) is 94.0 Å². The van der Waals surface area contributed by atoms with Gasteiger partial charge < -0.3 is 4.57 Å². The van der Waals surface area contributed by atoms with Crippen LogP contribution in [0.15, 0.2) is 83.1 Å². The summed E-state index contributed by atoms with van der Waals surface area (Å²) < 4.78 is 2.12. The van der Waals surface area contributed by atoms with Crippen molar-refractivity contribution in [3.8, 4) is 0 Å². The lowest BCUT2D eigenvalue weighted by Gasteiger charge is -2.09. The molecule has 0 spiro atoms. The third-order valence-electron chi connectivity index (χ3n) is 4.51. The van der Waals surface area contributed by atoms with Gasteiger partial charge in [-0.25, -0.2) is 10.4 Å². The Morgan fingerprint density at radius 3 is 2.65 bits per heavy atom. The molecule has 31 heavy (non-hydrogen) atoms. The Morgan fingerprint density at radius 1 is 1.03 bits per heavy atom. The van der Waals surface area contributed by atoms with Crippen LogP contribution in [0, 0.1) is 0 Å². The summed E-state index contributed by atoms with van der Waals surface area (Å²) in [5.74, 6) is -0.0589. The largest absolute Gasteiger partial charge is 0.314 e. The second kappa shape index (κ2) is 10.0. The molecule has 0 unspecified atom stereocenters. The maximum atomic E-state index is 12.3. The van der Waals surface area contributed by atoms with Gasteiger partial charge in [0.1, 0.15) is 0 Å². The Hall–Kier alpha value is -2.80. The molecule has 5 nitrogen and oxygen atoms in total. The molecular weight excluding hydrogens is 451 g/mol. The molecule has 4 rings (SSSR count). The molecule has 0 bridgehead atoms. The topological polar surface area (TPSA) is 59.3 Å². The van der Waals surface area contributed by atoms with Crippen molar-refractivity contribution >= 4 is 58.1 Å². The Bertz CT molecular complexity index is 1240. The van der Waals surface area contributed by atoms with Crippen molar-refractivity contribution in [1.82, 2.24) is 15.0 Å². The summed E-state index contributed by atoms with van der Waals surface area (Å²) in [6, 6.07) is 23.4. The number of hydrazone groups is 1. The van der Waals surface area contributed by atoms with Gasteiger partial charge in [-0.15, -0.1) is 0 Å². The molecule has 0 aliphatic rings. The van der Waals surface area contributed by atoms with E-state index in [1.807, 2.05) is 42.5 Å². The van der Waals surface area contributed by atoms with Crippen molar-refractivity contribution < 1.29 is 4.79 Å². The van der Waals surface area contributed by atoms with E-state index in [0.717, 1.165) is 16.2 Å². The van der Waals surface area contributed by atoms with Crippen molar-refractivity contribution in [3.63, 3.8) is 0 Å². The lowest BCUT2D eigenvalue weighted by Crippen LogP contribution is -2.20. The highest BCUT2D eigenvalue weighted by Gasteiger charge is 2.13. The normalized spacial score (nSPS) is 11.3. The minimum atomic E-state index is -0.238. The smallest absolute Gasteiger partial charge is 0.250 e. The van der Waals surface area contributed by atoms with E-state index < -0.39 is 0 Å². The molecule has 1 N–H and O–H groups in total. The fourth-order valence-corrected chi connectivity index (χ4v) is 4.20. The van der Waals surface area contributed by atoms with Crippen LogP contribution in [0.25, 0.3) is 11.0 Å². The summed E-state index contributed by atoms with van der Waals surface area (Å²) >= 11 is 13.5. The first-order valence-electron chi connectivity index (χ1n) is 9.50. The number of nitrogens with zero attached hydrogens (tertiary/aromatic N) is 3. The number of carbonyl (C=O) groups is 1. The number of hydrogen-bond acceptors (Lipinski definition) is 4. The molecule has 0 fully saturated rings. The van der Waals surface area contributed by atoms with E-state index in [1.165, 1.54) is 23.5 Å². The van der Waals surface area contributed by atoms with Gasteiger partial charge in [-0.05, 0) is 23.8 Å². The quantitative estimate of drug-likeness (QED) is 0.217. The van der Waals surface area contributed by atoms with E-state index in [2.05, 4.69) is 27.2 Å². The average Bonchev–Trinajstić information content (AvgIpc) is 3.13. The van der Waals surface area contributed by atoms with Crippen molar-refractivity contribution in [2.45, 2.75) is 11.7 Å². The van der Waals surface area contributed by atoms with Crippen LogP contribution in [0.5, 0.6) is 0 Å². The first-order chi connectivity index (χ1) is 15.1. The van der Waals surface area contributed by atoms with E-state index in [0.29, 0.717) is 22.2 Å². The van der Waals surface area contributed by atoms with Crippen LogP contribution in [-0.2, 0) is 11.3 Å². The highest BCUT2D eigenvalue weighted by molar-refractivity contribution is 7.99. The zero-order valence-corrected chi connectivity index (χ0v) is 18.7. The molecule has 3 aromatic carbocycles. The Morgan fingerprint density at radius 2 is 1.81 bits per heavy atom. The maximum Gasteiger partial charge on any atom is 0.250 e. The van der Waals surface area contributed by atoms with Gasteiger partial charge in [0.05, 0.1) is 39.6 Å². The van der Waals surface area contributed by atoms with Crippen LogP contribution >= 0.6 is 35.0 Å². The maximum absolute atomic E-state index is 12.3. The summed E-state index contributed by atoms with van der Waals surface area (Å²) in [7, 11) is 0. The van der Waals surface area contributed by atoms with Gasteiger partial charge in [0.25, 0.3) is 5.91 Å². The van der Waals surface area contributed by atoms with Crippen molar-refractivity contribution in [1.29, 1.82) is 0 Å². The van der Waals surface area contributed by atoms with Crippen molar-refractivity contribution in [2.75, 3.05) is 5.75 Å². The predicted molar refractivity (Wildman–Crippen MR) is 128 cm³/mol. The number of fused-ring (bicyclic) bond motifs is 1. The van der Waals surface area contributed by atoms with Crippen LogP contribution in [0.3, 0.4) is 0 Å². The molecular formula is C23H18Cl2N4OS. The SMILES string of the molecule is O=C(CSc1nc2ccccc2n1Cc1ccccc1)N/N=C/c1cccc(Cl)c1Cl. The minimum absolute atomic E-state index is 0.179. The molecule has 0 aliphatic heterocycles. The molecule has 156 valence electrons. The first kappa shape index (κ1) is 21.4. The molecule has 1 heterocycles. The van der Waals surface area contributed by atoms with Crippen LogP contribution in [0.1, 0.15) is 11.1 Å². The number of para-hydroxylation sites is 2. The summed E-state index contributed by atoms with van der Waals surface area (Å²) in [6.45, 7) is 0.677. The second-order valence-electron chi connectivity index (χ2n) is 6.68. The average molecular weight is 469 g/mol. The fourth-order valence-electron chi connectivity index (χ4n) is 3.04. The zero-order valence-electron chi connectivity index (χ0n) is 16.3. The highest BCUT2D eigenvalue weighted by atomic mass is 35.5. The highest BCUT2D eigenvalue weighted by Crippen LogP contribution is 2.26. The molecule has 0 atom stereocenters. The molecule has 0 radical (unpaired) electrons. The number of aromatic nitrogens is 2. The molecule has 0 saturated carbocycles. The van der Waals surface area contributed by atoms with Crippen LogP contribution in [0.4, 0.5) is 0 Å². The molecule has 8 heteroatoms. The summed E-state index contributed by atoms with van der Waals surface area (Å²) in [5, 5.41) is 5.59. The van der Waals surface area contributed by atoms with Gasteiger partial charge in [-0.1, -0.05) is 89.6 Å². The van der Waals surface area contributed by atoms with Gasteiger partial charge in [0.15, 0.2) is 5.16 Å². The first-order valence-corrected chi connectivity index (χ1v) is 11.2. The Labute approximate surface area is 194 Å². The number of carbonyl (C=O) groups excluding carboxylic acids is 1. The number of imidazole rings is 1. The van der Waals surface area contributed by atoms with E-state index in [-0.39, 0.29) is 11.7 Å². The minimum Gasteiger partial charge on any atom is -0.314 e. The van der Waals surface area contributed by atoms with Gasteiger partial charge >= 0.3 is 0 Å². The van der Waals surface area contributed by atoms with Crippen LogP contribution in [-0.4, -0.2) is 27.4 Å². The number of nitrogens with one attached hydrogen (secondary N) is 1. The summed E-state index contributed by atoms with van der Waals surface area (Å²) in [5.41, 5.74) is 6.25. The number of rotatable bonds is 7. The predicted octanol–water partition coefficient (Wildman–Crippen LogP) is 5.63. The second-order valence-corrected chi connectivity index (χ2v) is 8.41. The number of thioether (sulfide) groups is 1. The zero-order chi connectivity index (χ0) is 21.6. The number of benzene rings is 3. The fraction of sp³-hybridized carbons (Fsp3) is 0.0870. The van der Waals surface area contributed by atoms with Crippen LogP contribution in [0.2, 0.25) is 10.0 Å². The standard InChI is InChI=1S/C23H18Cl2N4OS/c24-18-10-6-9-17(22(18)25)13-26-28-21(30)15-31-23-27-19-11-4-5-12-20(19)29(23)14-16-7-2-1-3-8-16/h1-13H,14-15H2,(H,28,30)/b26-13+. The monoisotopic (exact) mass is 468 g/mol. The summed E-state index contributed by atoms with van der Waals surface area (Å²) in [6.07, 6.45) is 1.47. The number of hydrogen-bond donors (Lipinski definition) is 1. The number of halogens is 2. The Kier molecular flexibility index (Phi) is 6.92. The lowest BCUT2D eigenvalue weighted by molar-refractivity contribution is -0.118. The molecule has 4 aromatic rings. The van der Waals surface area contributed by atoms with Gasteiger partial charge in [-0.3, -0.25) is 4.79 Å².